The van der Waals surface area contributed by atoms with Gasteiger partial charge in [0.25, 0.3) is 0 Å². The van der Waals surface area contributed by atoms with Gasteiger partial charge in [-0.15, -0.1) is 0 Å². The maximum absolute atomic E-state index is 6.12. The lowest BCUT2D eigenvalue weighted by Crippen LogP contribution is -2.00. The molecule has 1 saturated heterocycles. The average Bonchev–Trinajstić information content (AvgIpc) is 2.64. The summed E-state index contributed by atoms with van der Waals surface area (Å²) in [4.78, 5) is 0. The molecule has 1 heterocycles. The van der Waals surface area contributed by atoms with Crippen molar-refractivity contribution in [1.29, 1.82) is 0 Å². The molecule has 0 radical (unpaired) electrons. The van der Waals surface area contributed by atoms with Crippen LogP contribution in [0.5, 0.6) is 0 Å². The minimum Gasteiger partial charge on any atom is -0.346 e. The van der Waals surface area contributed by atoms with Gasteiger partial charge in [0, 0.05) is 10.6 Å². The van der Waals surface area contributed by atoms with Crippen LogP contribution < -0.4 is 0 Å². The first-order valence-corrected chi connectivity index (χ1v) is 5.06. The second-order valence-electron chi connectivity index (χ2n) is 3.53. The Hall–Kier alpha value is -0.570. The number of hydrogen-bond acceptors (Lipinski definition) is 2. The summed E-state index contributed by atoms with van der Waals surface area (Å²) >= 11 is 6.12. The van der Waals surface area contributed by atoms with Crippen molar-refractivity contribution >= 4 is 11.6 Å². The van der Waals surface area contributed by atoms with Gasteiger partial charge in [-0.3, -0.25) is 0 Å². The Morgan fingerprint density at radius 1 is 1.14 bits per heavy atom. The van der Waals surface area contributed by atoms with Crippen LogP contribution >= 0.6 is 11.6 Å². The predicted molar refractivity (Wildman–Crippen MR) is 55.6 cm³/mol. The lowest BCUT2D eigenvalue weighted by Gasteiger charge is -2.13. The highest BCUT2D eigenvalue weighted by atomic mass is 35.5. The van der Waals surface area contributed by atoms with Crippen molar-refractivity contribution in [1.82, 2.24) is 0 Å². The predicted octanol–water partition coefficient (Wildman–Crippen LogP) is 3.00. The fraction of sp³-hybridized carbons (Fsp3) is 0.455. The van der Waals surface area contributed by atoms with Gasteiger partial charge in [-0.1, -0.05) is 11.6 Å². The van der Waals surface area contributed by atoms with E-state index in [2.05, 4.69) is 6.92 Å². The van der Waals surface area contributed by atoms with Gasteiger partial charge < -0.3 is 9.47 Å². The molecule has 1 aliphatic rings. The minimum absolute atomic E-state index is 0.276. The maximum atomic E-state index is 6.12. The number of rotatable bonds is 1. The molecular formula is C11H13ClO2. The second-order valence-corrected chi connectivity index (χ2v) is 3.94. The van der Waals surface area contributed by atoms with E-state index < -0.39 is 0 Å². The molecule has 0 spiro atoms. The SMILES string of the molecule is Cc1cc(Cl)c(C2OCCO2)cc1C. The average molecular weight is 213 g/mol. The zero-order valence-electron chi connectivity index (χ0n) is 8.34. The molecule has 0 unspecified atom stereocenters. The summed E-state index contributed by atoms with van der Waals surface area (Å²) in [7, 11) is 0. The second kappa shape index (κ2) is 3.89. The van der Waals surface area contributed by atoms with Gasteiger partial charge in [0.05, 0.1) is 13.2 Å². The van der Waals surface area contributed by atoms with E-state index in [1.54, 1.807) is 0 Å². The number of ether oxygens (including phenoxy) is 2. The first-order chi connectivity index (χ1) is 6.68. The van der Waals surface area contributed by atoms with Gasteiger partial charge in [0.2, 0.25) is 0 Å². The Labute approximate surface area is 88.8 Å². The number of halogens is 1. The van der Waals surface area contributed by atoms with Gasteiger partial charge in [-0.05, 0) is 37.1 Å². The largest absolute Gasteiger partial charge is 0.346 e. The molecule has 0 amide bonds. The van der Waals surface area contributed by atoms with E-state index in [1.807, 2.05) is 19.1 Å². The summed E-state index contributed by atoms with van der Waals surface area (Å²) in [5, 5.41) is 0.722. The van der Waals surface area contributed by atoms with Crippen molar-refractivity contribution in [2.24, 2.45) is 0 Å². The molecule has 76 valence electrons. The molecule has 3 heteroatoms. The van der Waals surface area contributed by atoms with E-state index in [0.29, 0.717) is 13.2 Å². The lowest BCUT2D eigenvalue weighted by molar-refractivity contribution is -0.0440. The molecule has 2 rings (SSSR count). The summed E-state index contributed by atoms with van der Waals surface area (Å²) in [5.74, 6) is 0. The van der Waals surface area contributed by atoms with Crippen LogP contribution in [0.1, 0.15) is 23.0 Å². The maximum Gasteiger partial charge on any atom is 0.185 e. The summed E-state index contributed by atoms with van der Waals surface area (Å²) in [6.45, 7) is 5.40. The molecule has 1 fully saturated rings. The van der Waals surface area contributed by atoms with Crippen LogP contribution in [0.2, 0.25) is 5.02 Å². The monoisotopic (exact) mass is 212 g/mol. The molecular weight excluding hydrogens is 200 g/mol. The molecule has 1 aromatic rings. The first-order valence-electron chi connectivity index (χ1n) is 4.68. The molecule has 1 aliphatic heterocycles. The van der Waals surface area contributed by atoms with E-state index in [9.17, 15) is 0 Å². The highest BCUT2D eigenvalue weighted by Gasteiger charge is 2.21. The molecule has 2 nitrogen and oxygen atoms in total. The van der Waals surface area contributed by atoms with Crippen LogP contribution in [0.3, 0.4) is 0 Å². The Bertz CT molecular complexity index is 343. The van der Waals surface area contributed by atoms with Gasteiger partial charge in [0.1, 0.15) is 0 Å². The van der Waals surface area contributed by atoms with Crippen LogP contribution in [-0.4, -0.2) is 13.2 Å². The number of benzene rings is 1. The van der Waals surface area contributed by atoms with E-state index in [1.165, 1.54) is 11.1 Å². The highest BCUT2D eigenvalue weighted by molar-refractivity contribution is 6.31. The summed E-state index contributed by atoms with van der Waals surface area (Å²) in [6.07, 6.45) is -0.276. The van der Waals surface area contributed by atoms with E-state index >= 15 is 0 Å². The zero-order valence-corrected chi connectivity index (χ0v) is 9.10. The Morgan fingerprint density at radius 2 is 1.71 bits per heavy atom. The Morgan fingerprint density at radius 3 is 2.36 bits per heavy atom. The van der Waals surface area contributed by atoms with Crippen molar-refractivity contribution in [3.05, 3.63) is 33.8 Å². The van der Waals surface area contributed by atoms with E-state index in [0.717, 1.165) is 10.6 Å². The molecule has 0 saturated carbocycles. The standard InChI is InChI=1S/C11H13ClO2/c1-7-5-9(10(12)6-8(7)2)11-13-3-4-14-11/h5-6,11H,3-4H2,1-2H3. The Kier molecular flexibility index (Phi) is 2.77. The third-order valence-corrected chi connectivity index (χ3v) is 2.82. The third-order valence-electron chi connectivity index (χ3n) is 2.49. The van der Waals surface area contributed by atoms with Crippen molar-refractivity contribution in [2.75, 3.05) is 13.2 Å². The topological polar surface area (TPSA) is 18.5 Å². The van der Waals surface area contributed by atoms with Crippen molar-refractivity contribution in [2.45, 2.75) is 20.1 Å². The summed E-state index contributed by atoms with van der Waals surface area (Å²) in [6, 6.07) is 3.99. The smallest absolute Gasteiger partial charge is 0.185 e. The fourth-order valence-electron chi connectivity index (χ4n) is 1.52. The molecule has 0 aliphatic carbocycles. The quantitative estimate of drug-likeness (QED) is 0.713. The summed E-state index contributed by atoms with van der Waals surface area (Å²) in [5.41, 5.74) is 3.34. The highest BCUT2D eigenvalue weighted by Crippen LogP contribution is 2.31. The van der Waals surface area contributed by atoms with E-state index in [4.69, 9.17) is 21.1 Å². The molecule has 1 aromatic carbocycles. The molecule has 0 atom stereocenters. The van der Waals surface area contributed by atoms with Crippen LogP contribution in [0, 0.1) is 13.8 Å². The van der Waals surface area contributed by atoms with E-state index in [-0.39, 0.29) is 6.29 Å². The molecule has 0 N–H and O–H groups in total. The number of aryl methyl sites for hydroxylation is 2. The van der Waals surface area contributed by atoms with Crippen LogP contribution in [-0.2, 0) is 9.47 Å². The van der Waals surface area contributed by atoms with Crippen LogP contribution in [0.25, 0.3) is 0 Å². The van der Waals surface area contributed by atoms with Gasteiger partial charge >= 0.3 is 0 Å². The Balaban J connectivity index is 2.37. The van der Waals surface area contributed by atoms with Gasteiger partial charge in [-0.2, -0.15) is 0 Å². The lowest BCUT2D eigenvalue weighted by atomic mass is 10.1. The van der Waals surface area contributed by atoms with Gasteiger partial charge in [0.15, 0.2) is 6.29 Å². The minimum atomic E-state index is -0.276. The van der Waals surface area contributed by atoms with Crippen molar-refractivity contribution in [3.8, 4) is 0 Å². The molecule has 0 aromatic heterocycles. The third kappa shape index (κ3) is 1.78. The van der Waals surface area contributed by atoms with Crippen LogP contribution in [0.4, 0.5) is 0 Å². The van der Waals surface area contributed by atoms with Gasteiger partial charge in [-0.25, -0.2) is 0 Å². The van der Waals surface area contributed by atoms with Crippen molar-refractivity contribution in [3.63, 3.8) is 0 Å². The molecule has 0 bridgehead atoms. The number of hydrogen-bond donors (Lipinski definition) is 0. The normalized spacial score (nSPS) is 17.6. The zero-order chi connectivity index (χ0) is 10.1. The van der Waals surface area contributed by atoms with Crippen LogP contribution in [0.15, 0.2) is 12.1 Å². The molecule has 14 heavy (non-hydrogen) atoms. The van der Waals surface area contributed by atoms with Crippen molar-refractivity contribution < 1.29 is 9.47 Å². The fourth-order valence-corrected chi connectivity index (χ4v) is 1.83. The summed E-state index contributed by atoms with van der Waals surface area (Å²) < 4.78 is 10.8. The first kappa shape index (κ1) is 9.97.